The molecule has 1 nitrogen and oxygen atoms in total. The Labute approximate surface area is 132 Å². The van der Waals surface area contributed by atoms with Gasteiger partial charge in [-0.15, -0.1) is 0 Å². The van der Waals surface area contributed by atoms with Crippen molar-refractivity contribution in [3.63, 3.8) is 0 Å². The molecule has 0 heterocycles. The molecule has 0 aliphatic rings. The van der Waals surface area contributed by atoms with Crippen LogP contribution in [0, 0.1) is 11.3 Å². The molecule has 0 bridgehead atoms. The number of unbranched alkanes of at least 4 members (excludes halogenated alkanes) is 3. The predicted molar refractivity (Wildman–Crippen MR) is 96.6 cm³/mol. The van der Waals surface area contributed by atoms with Gasteiger partial charge in [-0.05, 0) is 42.8 Å². The van der Waals surface area contributed by atoms with Crippen LogP contribution in [0.2, 0.25) is 0 Å². The lowest BCUT2D eigenvalue weighted by Crippen LogP contribution is -2.24. The summed E-state index contributed by atoms with van der Waals surface area (Å²) in [5.74, 6) is 3.34. The van der Waals surface area contributed by atoms with Crippen LogP contribution in [-0.2, 0) is 0 Å². The Kier molecular flexibility index (Phi) is 13.2. The Balaban J connectivity index is 4.10. The molecule has 0 aliphatic heterocycles. The lowest BCUT2D eigenvalue weighted by atomic mass is 9.71. The maximum absolute atomic E-state index is 5.55. The SMILES string of the molecule is CCCCCCC(CCCSCCN)C(C)(C)CCC. The lowest BCUT2D eigenvalue weighted by molar-refractivity contribution is 0.165. The first-order valence-electron chi connectivity index (χ1n) is 8.86. The van der Waals surface area contributed by atoms with E-state index in [2.05, 4.69) is 27.7 Å². The maximum atomic E-state index is 5.55. The second kappa shape index (κ2) is 13.0. The third kappa shape index (κ3) is 10.1. The number of rotatable bonds is 14. The summed E-state index contributed by atoms with van der Waals surface area (Å²) in [4.78, 5) is 0. The molecule has 1 atom stereocenters. The van der Waals surface area contributed by atoms with Crippen molar-refractivity contribution in [2.24, 2.45) is 17.1 Å². The summed E-state index contributed by atoms with van der Waals surface area (Å²) in [6, 6.07) is 0. The van der Waals surface area contributed by atoms with Crippen LogP contribution in [0.15, 0.2) is 0 Å². The number of nitrogens with two attached hydrogens (primary N) is 1. The van der Waals surface area contributed by atoms with Crippen LogP contribution in [0.1, 0.15) is 85.5 Å². The van der Waals surface area contributed by atoms with Gasteiger partial charge in [-0.1, -0.05) is 59.8 Å². The summed E-state index contributed by atoms with van der Waals surface area (Å²) in [5.41, 5.74) is 6.08. The quantitative estimate of drug-likeness (QED) is 0.406. The molecular formula is C18H39NS. The topological polar surface area (TPSA) is 26.0 Å². The fraction of sp³-hybridized carbons (Fsp3) is 1.00. The van der Waals surface area contributed by atoms with Gasteiger partial charge in [0.25, 0.3) is 0 Å². The van der Waals surface area contributed by atoms with Gasteiger partial charge in [0.1, 0.15) is 0 Å². The Hall–Kier alpha value is 0.310. The van der Waals surface area contributed by atoms with Crippen LogP contribution in [-0.4, -0.2) is 18.1 Å². The van der Waals surface area contributed by atoms with Crippen molar-refractivity contribution in [2.45, 2.75) is 85.5 Å². The summed E-state index contributed by atoms with van der Waals surface area (Å²) >= 11 is 2.03. The summed E-state index contributed by atoms with van der Waals surface area (Å²) in [6.07, 6.45) is 12.5. The normalized spacial score (nSPS) is 13.7. The Morgan fingerprint density at radius 3 is 2.20 bits per heavy atom. The Morgan fingerprint density at radius 2 is 1.60 bits per heavy atom. The molecular weight excluding hydrogens is 262 g/mol. The minimum atomic E-state index is 0.527. The molecule has 0 radical (unpaired) electrons. The minimum Gasteiger partial charge on any atom is -0.330 e. The van der Waals surface area contributed by atoms with Crippen molar-refractivity contribution >= 4 is 11.8 Å². The molecule has 2 heteroatoms. The fourth-order valence-electron chi connectivity index (χ4n) is 3.21. The zero-order chi connectivity index (χ0) is 15.3. The van der Waals surface area contributed by atoms with Gasteiger partial charge in [-0.3, -0.25) is 0 Å². The number of hydrogen-bond donors (Lipinski definition) is 1. The van der Waals surface area contributed by atoms with Crippen LogP contribution in [0.25, 0.3) is 0 Å². The molecule has 20 heavy (non-hydrogen) atoms. The highest BCUT2D eigenvalue weighted by Gasteiger charge is 2.27. The van der Waals surface area contributed by atoms with E-state index >= 15 is 0 Å². The van der Waals surface area contributed by atoms with Crippen LogP contribution >= 0.6 is 11.8 Å². The van der Waals surface area contributed by atoms with Gasteiger partial charge in [-0.2, -0.15) is 11.8 Å². The van der Waals surface area contributed by atoms with E-state index in [-0.39, 0.29) is 0 Å². The molecule has 0 aromatic rings. The monoisotopic (exact) mass is 301 g/mol. The van der Waals surface area contributed by atoms with Crippen molar-refractivity contribution < 1.29 is 0 Å². The van der Waals surface area contributed by atoms with E-state index in [4.69, 9.17) is 5.73 Å². The van der Waals surface area contributed by atoms with Crippen LogP contribution in [0.5, 0.6) is 0 Å². The van der Waals surface area contributed by atoms with E-state index in [9.17, 15) is 0 Å². The zero-order valence-electron chi connectivity index (χ0n) is 14.5. The standard InChI is InChI=1S/C18H39NS/c1-5-7-8-9-11-17(18(3,4)13-6-2)12-10-15-20-16-14-19/h17H,5-16,19H2,1-4H3. The third-order valence-corrected chi connectivity index (χ3v) is 5.61. The molecule has 0 spiro atoms. The molecule has 0 aromatic carbocycles. The molecule has 0 fully saturated rings. The molecule has 0 aromatic heterocycles. The number of thioether (sulfide) groups is 1. The highest BCUT2D eigenvalue weighted by Crippen LogP contribution is 2.38. The summed E-state index contributed by atoms with van der Waals surface area (Å²) in [7, 11) is 0. The molecule has 1 unspecified atom stereocenters. The van der Waals surface area contributed by atoms with E-state index in [1.54, 1.807) is 0 Å². The second-order valence-electron chi connectivity index (χ2n) is 6.83. The van der Waals surface area contributed by atoms with Gasteiger partial charge in [-0.25, -0.2) is 0 Å². The fourth-order valence-corrected chi connectivity index (χ4v) is 3.95. The van der Waals surface area contributed by atoms with Crippen LogP contribution in [0.4, 0.5) is 0 Å². The second-order valence-corrected chi connectivity index (χ2v) is 8.05. The molecule has 0 aliphatic carbocycles. The van der Waals surface area contributed by atoms with E-state index in [1.807, 2.05) is 11.8 Å². The first-order chi connectivity index (χ1) is 9.58. The lowest BCUT2D eigenvalue weighted by Gasteiger charge is -2.35. The van der Waals surface area contributed by atoms with Crippen LogP contribution < -0.4 is 5.73 Å². The smallest absolute Gasteiger partial charge is 0.00558 e. The van der Waals surface area contributed by atoms with Crippen molar-refractivity contribution in [3.05, 3.63) is 0 Å². The van der Waals surface area contributed by atoms with E-state index in [0.29, 0.717) is 5.41 Å². The van der Waals surface area contributed by atoms with Gasteiger partial charge >= 0.3 is 0 Å². The molecule has 0 amide bonds. The molecule has 2 N–H and O–H groups in total. The third-order valence-electron chi connectivity index (χ3n) is 4.51. The van der Waals surface area contributed by atoms with Gasteiger partial charge in [0, 0.05) is 12.3 Å². The highest BCUT2D eigenvalue weighted by atomic mass is 32.2. The summed E-state index contributed by atoms with van der Waals surface area (Å²) in [5, 5.41) is 0. The minimum absolute atomic E-state index is 0.527. The average Bonchev–Trinajstić information content (AvgIpc) is 2.40. The Morgan fingerprint density at radius 1 is 0.900 bits per heavy atom. The highest BCUT2D eigenvalue weighted by molar-refractivity contribution is 7.99. The van der Waals surface area contributed by atoms with Gasteiger partial charge in [0.05, 0.1) is 0 Å². The largest absolute Gasteiger partial charge is 0.330 e. The van der Waals surface area contributed by atoms with Gasteiger partial charge in [0.15, 0.2) is 0 Å². The van der Waals surface area contributed by atoms with Crippen molar-refractivity contribution in [2.75, 3.05) is 18.1 Å². The average molecular weight is 302 g/mol. The molecule has 0 saturated heterocycles. The first kappa shape index (κ1) is 20.3. The Bertz CT molecular complexity index is 204. The predicted octanol–water partition coefficient (Wildman–Crippen LogP) is 5.87. The van der Waals surface area contributed by atoms with E-state index in [0.717, 1.165) is 18.2 Å². The molecule has 0 saturated carbocycles. The van der Waals surface area contributed by atoms with Crippen LogP contribution in [0.3, 0.4) is 0 Å². The summed E-state index contributed by atoms with van der Waals surface area (Å²) < 4.78 is 0. The van der Waals surface area contributed by atoms with E-state index in [1.165, 1.54) is 63.5 Å². The van der Waals surface area contributed by atoms with Crippen molar-refractivity contribution in [1.29, 1.82) is 0 Å². The van der Waals surface area contributed by atoms with E-state index < -0.39 is 0 Å². The molecule has 0 rings (SSSR count). The van der Waals surface area contributed by atoms with Gasteiger partial charge in [0.2, 0.25) is 0 Å². The van der Waals surface area contributed by atoms with Crippen molar-refractivity contribution in [1.82, 2.24) is 0 Å². The van der Waals surface area contributed by atoms with Crippen molar-refractivity contribution in [3.8, 4) is 0 Å². The first-order valence-corrected chi connectivity index (χ1v) is 10.0. The molecule has 122 valence electrons. The number of hydrogen-bond acceptors (Lipinski definition) is 2. The maximum Gasteiger partial charge on any atom is 0.00558 e. The van der Waals surface area contributed by atoms with Gasteiger partial charge < -0.3 is 5.73 Å². The zero-order valence-corrected chi connectivity index (χ0v) is 15.4. The summed E-state index contributed by atoms with van der Waals surface area (Å²) in [6.45, 7) is 10.4.